The number of H-pyrrole nitrogens is 1. The first-order chi connectivity index (χ1) is 12.6. The Morgan fingerprint density at radius 2 is 1.96 bits per heavy atom. The Kier molecular flexibility index (Phi) is 3.93. The van der Waals surface area contributed by atoms with Crippen molar-refractivity contribution in [3.63, 3.8) is 0 Å². The Morgan fingerprint density at radius 1 is 1.15 bits per heavy atom. The predicted molar refractivity (Wildman–Crippen MR) is 101 cm³/mol. The smallest absolute Gasteiger partial charge is 0.280 e. The number of hydrogen-bond donors (Lipinski definition) is 2. The van der Waals surface area contributed by atoms with Crippen molar-refractivity contribution in [2.75, 3.05) is 12.4 Å². The Bertz CT molecular complexity index is 1080. The highest BCUT2D eigenvalue weighted by Gasteiger charge is 2.18. The number of para-hydroxylation sites is 1. The number of rotatable bonds is 4. The zero-order valence-electron chi connectivity index (χ0n) is 14.5. The second-order valence-electron chi connectivity index (χ2n) is 6.03. The topological polar surface area (TPSA) is 71.9 Å². The fraction of sp³-hybridized carbons (Fsp3) is 0.100. The van der Waals surface area contributed by atoms with Crippen LogP contribution in [0, 0.1) is 6.92 Å². The molecule has 4 aromatic rings. The quantitative estimate of drug-likeness (QED) is 0.588. The summed E-state index contributed by atoms with van der Waals surface area (Å²) in [5, 5.41) is 8.32. The molecule has 0 saturated heterocycles. The third-order valence-electron chi connectivity index (χ3n) is 4.15. The molecule has 6 heteroatoms. The van der Waals surface area contributed by atoms with Crippen LogP contribution < -0.4 is 10.1 Å². The number of anilines is 1. The maximum Gasteiger partial charge on any atom is 0.280 e. The molecule has 26 heavy (non-hydrogen) atoms. The molecule has 1 amide bonds. The molecule has 130 valence electrons. The molecule has 0 aliphatic heterocycles. The van der Waals surface area contributed by atoms with E-state index in [1.165, 1.54) is 7.11 Å². The Balaban J connectivity index is 1.63. The van der Waals surface area contributed by atoms with Crippen molar-refractivity contribution < 1.29 is 9.53 Å². The molecular weight excluding hydrogens is 328 g/mol. The maximum atomic E-state index is 12.7. The Morgan fingerprint density at radius 3 is 2.73 bits per heavy atom. The summed E-state index contributed by atoms with van der Waals surface area (Å²) in [4.78, 5) is 16.0. The summed E-state index contributed by atoms with van der Waals surface area (Å²) in [6.07, 6.45) is 1.70. The number of fused-ring (bicyclic) bond motifs is 1. The van der Waals surface area contributed by atoms with Gasteiger partial charge in [-0.15, -0.1) is 0 Å². The van der Waals surface area contributed by atoms with E-state index < -0.39 is 0 Å². The highest BCUT2D eigenvalue weighted by atomic mass is 16.5. The number of ether oxygens (including phenoxy) is 1. The summed E-state index contributed by atoms with van der Waals surface area (Å²) >= 11 is 0. The van der Waals surface area contributed by atoms with E-state index in [4.69, 9.17) is 4.74 Å². The third kappa shape index (κ3) is 2.93. The molecule has 0 spiro atoms. The lowest BCUT2D eigenvalue weighted by Gasteiger charge is -2.05. The van der Waals surface area contributed by atoms with E-state index in [2.05, 4.69) is 15.4 Å². The van der Waals surface area contributed by atoms with Crippen LogP contribution in [-0.2, 0) is 0 Å². The number of carbonyl (C=O) groups is 1. The molecule has 2 aromatic carbocycles. The minimum absolute atomic E-state index is 0.238. The first-order valence-corrected chi connectivity index (χ1v) is 8.24. The highest BCUT2D eigenvalue weighted by Crippen LogP contribution is 2.23. The lowest BCUT2D eigenvalue weighted by molar-refractivity contribution is 0.101. The van der Waals surface area contributed by atoms with E-state index >= 15 is 0 Å². The number of benzene rings is 2. The number of aromatic amines is 1. The molecule has 2 aromatic heterocycles. The van der Waals surface area contributed by atoms with Crippen molar-refractivity contribution in [3.05, 3.63) is 72.2 Å². The predicted octanol–water partition coefficient (Wildman–Crippen LogP) is 3.92. The maximum absolute atomic E-state index is 12.7. The summed E-state index contributed by atoms with van der Waals surface area (Å²) < 4.78 is 6.96. The van der Waals surface area contributed by atoms with Crippen LogP contribution in [0.15, 0.2) is 60.8 Å². The van der Waals surface area contributed by atoms with Crippen molar-refractivity contribution in [1.29, 1.82) is 0 Å². The third-order valence-corrected chi connectivity index (χ3v) is 4.15. The summed E-state index contributed by atoms with van der Waals surface area (Å²) in [6, 6.07) is 17.3. The van der Waals surface area contributed by atoms with Gasteiger partial charge in [-0.3, -0.25) is 4.79 Å². The molecule has 0 fully saturated rings. The Labute approximate surface area is 150 Å². The summed E-state index contributed by atoms with van der Waals surface area (Å²) in [6.45, 7) is 2.00. The van der Waals surface area contributed by atoms with Gasteiger partial charge in [0.2, 0.25) is 0 Å². The van der Waals surface area contributed by atoms with E-state index in [1.807, 2.05) is 61.5 Å². The summed E-state index contributed by atoms with van der Waals surface area (Å²) in [5.41, 5.74) is 3.91. The molecule has 0 aliphatic carbocycles. The van der Waals surface area contributed by atoms with E-state index in [1.54, 1.807) is 10.9 Å². The number of aromatic nitrogens is 3. The Hall–Kier alpha value is -3.54. The molecule has 2 N–H and O–H groups in total. The van der Waals surface area contributed by atoms with Crippen LogP contribution in [0.1, 0.15) is 16.2 Å². The first-order valence-electron chi connectivity index (χ1n) is 8.24. The monoisotopic (exact) mass is 346 g/mol. The van der Waals surface area contributed by atoms with Gasteiger partial charge in [-0.2, -0.15) is 5.10 Å². The van der Waals surface area contributed by atoms with Crippen LogP contribution in [0.2, 0.25) is 0 Å². The van der Waals surface area contributed by atoms with Crippen LogP contribution in [0.3, 0.4) is 0 Å². The van der Waals surface area contributed by atoms with Gasteiger partial charge in [0.15, 0.2) is 11.4 Å². The second kappa shape index (κ2) is 6.40. The van der Waals surface area contributed by atoms with Gasteiger partial charge in [0.25, 0.3) is 5.91 Å². The SMILES string of the molecule is COc1cn(-c2ccccc2)nc1C(=O)Nc1ccc2[nH]c(C)cc2c1. The number of nitrogens with zero attached hydrogens (tertiary/aromatic N) is 2. The molecule has 0 aliphatic rings. The van der Waals surface area contributed by atoms with Crippen LogP contribution in [0.25, 0.3) is 16.6 Å². The molecule has 0 bridgehead atoms. The lowest BCUT2D eigenvalue weighted by atomic mass is 10.2. The van der Waals surface area contributed by atoms with Crippen molar-refractivity contribution in [2.45, 2.75) is 6.92 Å². The molecular formula is C20H18N4O2. The average molecular weight is 346 g/mol. The van der Waals surface area contributed by atoms with Crippen LogP contribution in [0.5, 0.6) is 5.75 Å². The largest absolute Gasteiger partial charge is 0.493 e. The molecule has 0 atom stereocenters. The highest BCUT2D eigenvalue weighted by molar-refractivity contribution is 6.05. The minimum atomic E-state index is -0.317. The van der Waals surface area contributed by atoms with E-state index in [9.17, 15) is 4.79 Å². The fourth-order valence-corrected chi connectivity index (χ4v) is 2.92. The normalized spacial score (nSPS) is 10.8. The van der Waals surface area contributed by atoms with Gasteiger partial charge < -0.3 is 15.0 Å². The van der Waals surface area contributed by atoms with Gasteiger partial charge >= 0.3 is 0 Å². The average Bonchev–Trinajstić information content (AvgIpc) is 3.24. The van der Waals surface area contributed by atoms with Crippen molar-refractivity contribution in [1.82, 2.24) is 14.8 Å². The zero-order chi connectivity index (χ0) is 18.1. The summed E-state index contributed by atoms with van der Waals surface area (Å²) in [7, 11) is 1.53. The number of nitrogens with one attached hydrogen (secondary N) is 2. The van der Waals surface area contributed by atoms with E-state index in [0.29, 0.717) is 11.4 Å². The van der Waals surface area contributed by atoms with Crippen molar-refractivity contribution in [3.8, 4) is 11.4 Å². The molecule has 0 saturated carbocycles. The van der Waals surface area contributed by atoms with Gasteiger partial charge in [0.05, 0.1) is 19.0 Å². The molecule has 0 radical (unpaired) electrons. The van der Waals surface area contributed by atoms with Gasteiger partial charge in [-0.25, -0.2) is 4.68 Å². The minimum Gasteiger partial charge on any atom is -0.493 e. The number of methoxy groups -OCH3 is 1. The van der Waals surface area contributed by atoms with Gasteiger partial charge in [-0.05, 0) is 43.3 Å². The van der Waals surface area contributed by atoms with Crippen molar-refractivity contribution >= 4 is 22.5 Å². The molecule has 2 heterocycles. The molecule has 6 nitrogen and oxygen atoms in total. The lowest BCUT2D eigenvalue weighted by Crippen LogP contribution is -2.14. The number of hydrogen-bond acceptors (Lipinski definition) is 3. The van der Waals surface area contributed by atoms with Crippen LogP contribution >= 0.6 is 0 Å². The standard InChI is InChI=1S/C20H18N4O2/c1-13-10-14-11-15(8-9-17(14)21-13)22-20(25)19-18(26-2)12-24(23-19)16-6-4-3-5-7-16/h3-12,21H,1-2H3,(H,22,25). The number of carbonyl (C=O) groups excluding carboxylic acids is 1. The van der Waals surface area contributed by atoms with Crippen LogP contribution in [0.4, 0.5) is 5.69 Å². The summed E-state index contributed by atoms with van der Waals surface area (Å²) in [5.74, 6) is 0.105. The second-order valence-corrected chi connectivity index (χ2v) is 6.03. The number of amides is 1. The van der Waals surface area contributed by atoms with Crippen molar-refractivity contribution in [2.24, 2.45) is 0 Å². The van der Waals surface area contributed by atoms with Gasteiger partial charge in [0.1, 0.15) is 0 Å². The number of aryl methyl sites for hydroxylation is 1. The van der Waals surface area contributed by atoms with Gasteiger partial charge in [-0.1, -0.05) is 18.2 Å². The first kappa shape index (κ1) is 16.0. The van der Waals surface area contributed by atoms with Crippen LogP contribution in [-0.4, -0.2) is 27.8 Å². The van der Waals surface area contributed by atoms with E-state index in [-0.39, 0.29) is 11.6 Å². The molecule has 0 unspecified atom stereocenters. The zero-order valence-corrected chi connectivity index (χ0v) is 14.5. The molecule has 4 rings (SSSR count). The van der Waals surface area contributed by atoms with Gasteiger partial charge in [0, 0.05) is 22.3 Å². The van der Waals surface area contributed by atoms with E-state index in [0.717, 1.165) is 22.3 Å². The fourth-order valence-electron chi connectivity index (χ4n) is 2.92.